The van der Waals surface area contributed by atoms with Crippen LogP contribution in [0.3, 0.4) is 0 Å². The van der Waals surface area contributed by atoms with Crippen molar-refractivity contribution in [2.45, 2.75) is 58.3 Å². The third-order valence-corrected chi connectivity index (χ3v) is 4.79. The summed E-state index contributed by atoms with van der Waals surface area (Å²) in [7, 11) is 0. The Balaban J connectivity index is 1.57. The highest BCUT2D eigenvalue weighted by Crippen LogP contribution is 2.31. The number of rotatable bonds is 8. The summed E-state index contributed by atoms with van der Waals surface area (Å²) >= 11 is 0. The van der Waals surface area contributed by atoms with Crippen LogP contribution in [0.2, 0.25) is 0 Å². The summed E-state index contributed by atoms with van der Waals surface area (Å²) in [5, 5.41) is 3.91. The van der Waals surface area contributed by atoms with Crippen molar-refractivity contribution in [3.8, 4) is 5.75 Å². The number of furan rings is 1. The van der Waals surface area contributed by atoms with Gasteiger partial charge in [0.2, 0.25) is 5.91 Å². The number of ether oxygens (including phenoxy) is 3. The van der Waals surface area contributed by atoms with Gasteiger partial charge in [0.05, 0.1) is 25.4 Å². The molecule has 1 aromatic heterocycles. The Bertz CT molecular complexity index is 750. The van der Waals surface area contributed by atoms with E-state index in [1.807, 2.05) is 38.1 Å². The molecule has 1 fully saturated rings. The number of fused-ring (bicyclic) bond motifs is 1. The van der Waals surface area contributed by atoms with Crippen molar-refractivity contribution in [1.82, 2.24) is 5.32 Å². The van der Waals surface area contributed by atoms with Gasteiger partial charge in [-0.2, -0.15) is 0 Å². The molecule has 3 rings (SSSR count). The van der Waals surface area contributed by atoms with Gasteiger partial charge >= 0.3 is 0 Å². The van der Waals surface area contributed by atoms with Gasteiger partial charge in [0.25, 0.3) is 0 Å². The highest BCUT2D eigenvalue weighted by atomic mass is 16.5. The predicted octanol–water partition coefficient (Wildman–Crippen LogP) is 3.98. The maximum atomic E-state index is 12.4. The van der Waals surface area contributed by atoms with Gasteiger partial charge in [0.15, 0.2) is 11.3 Å². The van der Waals surface area contributed by atoms with Crippen molar-refractivity contribution in [1.29, 1.82) is 0 Å². The molecular formula is C21H29NO5. The summed E-state index contributed by atoms with van der Waals surface area (Å²) in [5.41, 5.74) is 0.703. The molecule has 1 aliphatic rings. The van der Waals surface area contributed by atoms with E-state index < -0.39 is 6.10 Å². The van der Waals surface area contributed by atoms with Crippen LogP contribution in [0.5, 0.6) is 5.75 Å². The van der Waals surface area contributed by atoms with E-state index in [0.717, 1.165) is 31.3 Å². The SMILES string of the molecule is CCOc1cccc2cc(C(C)NC(=O)C(C)OCC3CCCCO3)oc12. The second-order valence-electron chi connectivity index (χ2n) is 6.95. The Morgan fingerprint density at radius 1 is 1.33 bits per heavy atom. The molecule has 6 heteroatoms. The van der Waals surface area contributed by atoms with E-state index in [0.29, 0.717) is 30.3 Å². The molecule has 1 aromatic carbocycles. The van der Waals surface area contributed by atoms with Crippen LogP contribution in [0.1, 0.15) is 51.8 Å². The van der Waals surface area contributed by atoms with Crippen molar-refractivity contribution in [3.63, 3.8) is 0 Å². The number of para-hydroxylation sites is 1. The Labute approximate surface area is 160 Å². The van der Waals surface area contributed by atoms with Gasteiger partial charge in [-0.15, -0.1) is 0 Å². The van der Waals surface area contributed by atoms with E-state index in [1.54, 1.807) is 6.92 Å². The lowest BCUT2D eigenvalue weighted by atomic mass is 10.1. The monoisotopic (exact) mass is 375 g/mol. The maximum Gasteiger partial charge on any atom is 0.249 e. The van der Waals surface area contributed by atoms with Gasteiger partial charge in [0, 0.05) is 12.0 Å². The van der Waals surface area contributed by atoms with Gasteiger partial charge in [-0.25, -0.2) is 0 Å². The fourth-order valence-electron chi connectivity index (χ4n) is 3.21. The highest BCUT2D eigenvalue weighted by Gasteiger charge is 2.22. The summed E-state index contributed by atoms with van der Waals surface area (Å²) in [6.07, 6.45) is 2.81. The van der Waals surface area contributed by atoms with Crippen LogP contribution >= 0.6 is 0 Å². The lowest BCUT2D eigenvalue weighted by molar-refractivity contribution is -0.136. The zero-order valence-electron chi connectivity index (χ0n) is 16.3. The third kappa shape index (κ3) is 5.02. The van der Waals surface area contributed by atoms with Gasteiger partial charge in [-0.05, 0) is 52.2 Å². The van der Waals surface area contributed by atoms with Crippen LogP contribution in [0.25, 0.3) is 11.0 Å². The molecule has 2 aromatic rings. The normalized spacial score (nSPS) is 19.6. The standard InChI is InChI=1S/C21H29NO5/c1-4-24-18-10-7-8-16-12-19(27-20(16)18)14(2)22-21(23)15(3)26-13-17-9-5-6-11-25-17/h7-8,10,12,14-15,17H,4-6,9,11,13H2,1-3H3,(H,22,23). The molecule has 0 spiro atoms. The van der Waals surface area contributed by atoms with E-state index in [1.165, 1.54) is 0 Å². The van der Waals surface area contributed by atoms with Crippen LogP contribution in [0, 0.1) is 0 Å². The first-order valence-electron chi connectivity index (χ1n) is 9.77. The predicted molar refractivity (Wildman–Crippen MR) is 103 cm³/mol. The van der Waals surface area contributed by atoms with Crippen molar-refractivity contribution < 1.29 is 23.4 Å². The first-order valence-corrected chi connectivity index (χ1v) is 9.77. The minimum absolute atomic E-state index is 0.0961. The molecule has 1 amide bonds. The Hall–Kier alpha value is -2.05. The average Bonchev–Trinajstić information content (AvgIpc) is 3.12. The Morgan fingerprint density at radius 2 is 2.19 bits per heavy atom. The van der Waals surface area contributed by atoms with Crippen molar-refractivity contribution in [3.05, 3.63) is 30.0 Å². The molecule has 1 saturated heterocycles. The molecule has 1 N–H and O–H groups in total. The van der Waals surface area contributed by atoms with Crippen LogP contribution in [-0.4, -0.2) is 37.9 Å². The number of carbonyl (C=O) groups is 1. The number of hydrogen-bond donors (Lipinski definition) is 1. The Kier molecular flexibility index (Phi) is 6.74. The number of nitrogens with one attached hydrogen (secondary N) is 1. The van der Waals surface area contributed by atoms with Gasteiger partial charge < -0.3 is 23.9 Å². The summed E-state index contributed by atoms with van der Waals surface area (Å²) in [6, 6.07) is 7.45. The first kappa shape index (κ1) is 19.7. The maximum absolute atomic E-state index is 12.4. The van der Waals surface area contributed by atoms with E-state index in [4.69, 9.17) is 18.6 Å². The molecule has 6 nitrogen and oxygen atoms in total. The van der Waals surface area contributed by atoms with Crippen LogP contribution in [0.4, 0.5) is 0 Å². The number of benzene rings is 1. The largest absolute Gasteiger partial charge is 0.490 e. The summed E-state index contributed by atoms with van der Waals surface area (Å²) < 4.78 is 22.9. The lowest BCUT2D eigenvalue weighted by Gasteiger charge is -2.24. The number of amides is 1. The van der Waals surface area contributed by atoms with Gasteiger partial charge in [0.1, 0.15) is 11.9 Å². The third-order valence-electron chi connectivity index (χ3n) is 4.79. The summed E-state index contributed by atoms with van der Waals surface area (Å²) in [6.45, 7) is 7.39. The van der Waals surface area contributed by atoms with Crippen molar-refractivity contribution >= 4 is 16.9 Å². The van der Waals surface area contributed by atoms with Gasteiger partial charge in [-0.3, -0.25) is 4.79 Å². The molecule has 0 bridgehead atoms. The molecule has 0 radical (unpaired) electrons. The molecule has 27 heavy (non-hydrogen) atoms. The van der Waals surface area contributed by atoms with Gasteiger partial charge in [-0.1, -0.05) is 12.1 Å². The van der Waals surface area contributed by atoms with Crippen molar-refractivity contribution in [2.24, 2.45) is 0 Å². The molecule has 0 aliphatic carbocycles. The van der Waals surface area contributed by atoms with E-state index in [9.17, 15) is 4.79 Å². The second kappa shape index (κ2) is 9.24. The van der Waals surface area contributed by atoms with E-state index in [-0.39, 0.29) is 18.1 Å². The summed E-state index contributed by atoms with van der Waals surface area (Å²) in [4.78, 5) is 12.4. The van der Waals surface area contributed by atoms with E-state index in [2.05, 4.69) is 5.32 Å². The average molecular weight is 375 g/mol. The minimum atomic E-state index is -0.540. The van der Waals surface area contributed by atoms with Crippen LogP contribution in [0.15, 0.2) is 28.7 Å². The molecule has 3 atom stereocenters. The highest BCUT2D eigenvalue weighted by molar-refractivity contribution is 5.84. The molecule has 0 saturated carbocycles. The quantitative estimate of drug-likeness (QED) is 0.756. The molecular weight excluding hydrogens is 346 g/mol. The second-order valence-corrected chi connectivity index (χ2v) is 6.95. The lowest BCUT2D eigenvalue weighted by Crippen LogP contribution is -2.38. The molecule has 148 valence electrons. The topological polar surface area (TPSA) is 69.9 Å². The number of carbonyl (C=O) groups excluding carboxylic acids is 1. The zero-order chi connectivity index (χ0) is 19.2. The molecule has 1 aliphatic heterocycles. The minimum Gasteiger partial charge on any atom is -0.490 e. The van der Waals surface area contributed by atoms with Crippen LogP contribution in [-0.2, 0) is 14.3 Å². The smallest absolute Gasteiger partial charge is 0.249 e. The fourth-order valence-corrected chi connectivity index (χ4v) is 3.21. The number of hydrogen-bond acceptors (Lipinski definition) is 5. The molecule has 3 unspecified atom stereocenters. The zero-order valence-corrected chi connectivity index (χ0v) is 16.3. The molecule has 2 heterocycles. The van der Waals surface area contributed by atoms with E-state index >= 15 is 0 Å². The van der Waals surface area contributed by atoms with Crippen LogP contribution < -0.4 is 10.1 Å². The van der Waals surface area contributed by atoms with Crippen molar-refractivity contribution in [2.75, 3.05) is 19.8 Å². The fraction of sp³-hybridized carbons (Fsp3) is 0.571. The summed E-state index contributed by atoms with van der Waals surface area (Å²) in [5.74, 6) is 1.24. The first-order chi connectivity index (χ1) is 13.1. The Morgan fingerprint density at radius 3 is 2.93 bits per heavy atom.